The molecule has 1 atom stereocenters. The number of hydrogen-bond donors (Lipinski definition) is 3. The Morgan fingerprint density at radius 3 is 2.60 bits per heavy atom. The van der Waals surface area contributed by atoms with Crippen molar-refractivity contribution in [3.05, 3.63) is 0 Å². The number of ether oxygens (including phenoxy) is 1. The SMILES string of the molecule is COC(CNS(=O)(=O)NC1CC1)C(=O)O. The third-order valence-corrected chi connectivity index (χ3v) is 3.11. The number of carboxylic acids is 1. The molecule has 8 heteroatoms. The quantitative estimate of drug-likeness (QED) is 0.510. The Kier molecular flexibility index (Phi) is 4.03. The third kappa shape index (κ3) is 4.56. The molecule has 0 aromatic rings. The van der Waals surface area contributed by atoms with E-state index in [2.05, 4.69) is 14.2 Å². The van der Waals surface area contributed by atoms with Crippen molar-refractivity contribution in [2.24, 2.45) is 0 Å². The second kappa shape index (κ2) is 4.88. The van der Waals surface area contributed by atoms with E-state index >= 15 is 0 Å². The summed E-state index contributed by atoms with van der Waals surface area (Å²) >= 11 is 0. The molecule has 0 aliphatic heterocycles. The summed E-state index contributed by atoms with van der Waals surface area (Å²) in [6.45, 7) is -0.284. The molecule has 0 aromatic carbocycles. The first kappa shape index (κ1) is 12.4. The van der Waals surface area contributed by atoms with Gasteiger partial charge in [-0.3, -0.25) is 0 Å². The van der Waals surface area contributed by atoms with E-state index in [9.17, 15) is 13.2 Å². The lowest BCUT2D eigenvalue weighted by molar-refractivity contribution is -0.147. The first-order valence-electron chi connectivity index (χ1n) is 4.47. The summed E-state index contributed by atoms with van der Waals surface area (Å²) in [4.78, 5) is 10.5. The van der Waals surface area contributed by atoms with E-state index < -0.39 is 22.3 Å². The predicted molar refractivity (Wildman–Crippen MR) is 51.5 cm³/mol. The monoisotopic (exact) mass is 238 g/mol. The van der Waals surface area contributed by atoms with Crippen LogP contribution in [0.15, 0.2) is 0 Å². The fourth-order valence-corrected chi connectivity index (χ4v) is 2.05. The number of carboxylic acid groups (broad SMARTS) is 1. The topological polar surface area (TPSA) is 105 Å². The summed E-state index contributed by atoms with van der Waals surface area (Å²) in [7, 11) is -2.39. The Bertz CT molecular complexity index is 324. The molecule has 1 aliphatic rings. The number of carbonyl (C=O) groups is 1. The molecule has 0 aromatic heterocycles. The second-order valence-electron chi connectivity index (χ2n) is 3.31. The lowest BCUT2D eigenvalue weighted by Gasteiger charge is -2.12. The molecule has 0 bridgehead atoms. The predicted octanol–water partition coefficient (Wildman–Crippen LogP) is -1.33. The van der Waals surface area contributed by atoms with E-state index in [-0.39, 0.29) is 12.6 Å². The highest BCUT2D eigenvalue weighted by Gasteiger charge is 2.27. The second-order valence-corrected chi connectivity index (χ2v) is 4.84. The van der Waals surface area contributed by atoms with Gasteiger partial charge in [0.15, 0.2) is 6.10 Å². The highest BCUT2D eigenvalue weighted by atomic mass is 32.2. The molecule has 0 amide bonds. The van der Waals surface area contributed by atoms with Crippen LogP contribution in [0.4, 0.5) is 0 Å². The zero-order chi connectivity index (χ0) is 11.5. The number of aliphatic carboxylic acids is 1. The van der Waals surface area contributed by atoms with Crippen LogP contribution in [-0.4, -0.2) is 45.3 Å². The van der Waals surface area contributed by atoms with Gasteiger partial charge in [0.25, 0.3) is 10.2 Å². The average molecular weight is 238 g/mol. The van der Waals surface area contributed by atoms with Crippen molar-refractivity contribution in [3.8, 4) is 0 Å². The number of nitrogens with one attached hydrogen (secondary N) is 2. The molecule has 1 unspecified atom stereocenters. The molecular formula is C7H14N2O5S. The van der Waals surface area contributed by atoms with Gasteiger partial charge in [0.2, 0.25) is 0 Å². The van der Waals surface area contributed by atoms with E-state index in [4.69, 9.17) is 5.11 Å². The van der Waals surface area contributed by atoms with Crippen LogP contribution in [0.25, 0.3) is 0 Å². The van der Waals surface area contributed by atoms with Gasteiger partial charge < -0.3 is 9.84 Å². The van der Waals surface area contributed by atoms with E-state index in [1.165, 1.54) is 7.11 Å². The smallest absolute Gasteiger partial charge is 0.334 e. The molecule has 3 N–H and O–H groups in total. The van der Waals surface area contributed by atoms with E-state index in [1.54, 1.807) is 0 Å². The van der Waals surface area contributed by atoms with Crippen LogP contribution in [0, 0.1) is 0 Å². The Morgan fingerprint density at radius 2 is 2.20 bits per heavy atom. The fraction of sp³-hybridized carbons (Fsp3) is 0.857. The lowest BCUT2D eigenvalue weighted by Crippen LogP contribution is -2.43. The van der Waals surface area contributed by atoms with Crippen molar-refractivity contribution < 1.29 is 23.1 Å². The van der Waals surface area contributed by atoms with E-state index in [0.29, 0.717) is 0 Å². The third-order valence-electron chi connectivity index (χ3n) is 1.92. The van der Waals surface area contributed by atoms with E-state index in [0.717, 1.165) is 12.8 Å². The Labute approximate surface area is 88.0 Å². The summed E-state index contributed by atoms with van der Waals surface area (Å²) in [5.74, 6) is -1.20. The highest BCUT2D eigenvalue weighted by Crippen LogP contribution is 2.19. The van der Waals surface area contributed by atoms with Gasteiger partial charge in [-0.15, -0.1) is 0 Å². The maximum Gasteiger partial charge on any atom is 0.334 e. The molecule has 0 heterocycles. The standard InChI is InChI=1S/C7H14N2O5S/c1-14-6(7(10)11)4-8-15(12,13)9-5-2-3-5/h5-6,8-9H,2-4H2,1H3,(H,10,11). The Hall–Kier alpha value is -0.700. The van der Waals surface area contributed by atoms with Crippen molar-refractivity contribution in [2.45, 2.75) is 25.0 Å². The van der Waals surface area contributed by atoms with Gasteiger partial charge in [-0.25, -0.2) is 4.79 Å². The van der Waals surface area contributed by atoms with Crippen LogP contribution in [0.2, 0.25) is 0 Å². The molecule has 7 nitrogen and oxygen atoms in total. The summed E-state index contributed by atoms with van der Waals surface area (Å²) in [6, 6.07) is -0.00618. The first-order valence-corrected chi connectivity index (χ1v) is 5.95. The molecule has 1 saturated carbocycles. The van der Waals surface area contributed by atoms with Crippen LogP contribution in [0.1, 0.15) is 12.8 Å². The van der Waals surface area contributed by atoms with Crippen LogP contribution < -0.4 is 9.44 Å². The minimum absolute atomic E-state index is 0.00618. The van der Waals surface area contributed by atoms with Crippen LogP contribution in [0.5, 0.6) is 0 Å². The zero-order valence-electron chi connectivity index (χ0n) is 8.26. The average Bonchev–Trinajstić information content (AvgIpc) is 2.87. The van der Waals surface area contributed by atoms with Crippen LogP contribution in [-0.2, 0) is 19.7 Å². The maximum atomic E-state index is 11.3. The van der Waals surface area contributed by atoms with E-state index in [1.807, 2.05) is 0 Å². The summed E-state index contributed by atoms with van der Waals surface area (Å²) < 4.78 is 31.6. The maximum absolute atomic E-state index is 11.3. The summed E-state index contributed by atoms with van der Waals surface area (Å²) in [6.07, 6.45) is 0.488. The Balaban J connectivity index is 2.36. The fourth-order valence-electron chi connectivity index (χ4n) is 0.919. The number of methoxy groups -OCH3 is 1. The molecule has 15 heavy (non-hydrogen) atoms. The van der Waals surface area contributed by atoms with Crippen molar-refractivity contribution in [1.29, 1.82) is 0 Å². The van der Waals surface area contributed by atoms with Gasteiger partial charge in [0.05, 0.1) is 0 Å². The first-order chi connectivity index (χ1) is 6.94. The largest absolute Gasteiger partial charge is 0.479 e. The molecule has 0 radical (unpaired) electrons. The van der Waals surface area contributed by atoms with Gasteiger partial charge in [-0.2, -0.15) is 17.9 Å². The van der Waals surface area contributed by atoms with Gasteiger partial charge >= 0.3 is 5.97 Å². The van der Waals surface area contributed by atoms with Crippen molar-refractivity contribution in [1.82, 2.24) is 9.44 Å². The minimum atomic E-state index is -3.60. The molecule has 1 rings (SSSR count). The van der Waals surface area contributed by atoms with Crippen molar-refractivity contribution in [2.75, 3.05) is 13.7 Å². The van der Waals surface area contributed by atoms with Crippen molar-refractivity contribution in [3.63, 3.8) is 0 Å². The molecule has 0 spiro atoms. The molecular weight excluding hydrogens is 224 g/mol. The van der Waals surface area contributed by atoms with Gasteiger partial charge in [0.1, 0.15) is 0 Å². The summed E-state index contributed by atoms with van der Waals surface area (Å²) in [5.41, 5.74) is 0. The summed E-state index contributed by atoms with van der Waals surface area (Å²) in [5, 5.41) is 8.58. The van der Waals surface area contributed by atoms with Crippen LogP contribution >= 0.6 is 0 Å². The molecule has 1 fully saturated rings. The lowest BCUT2D eigenvalue weighted by atomic mass is 10.4. The van der Waals surface area contributed by atoms with Gasteiger partial charge in [-0.05, 0) is 12.8 Å². The number of rotatable bonds is 7. The number of hydrogen-bond acceptors (Lipinski definition) is 4. The molecule has 0 saturated heterocycles. The normalized spacial score (nSPS) is 18.7. The van der Waals surface area contributed by atoms with Crippen LogP contribution in [0.3, 0.4) is 0 Å². The zero-order valence-corrected chi connectivity index (χ0v) is 9.08. The molecule has 88 valence electrons. The van der Waals surface area contributed by atoms with Crippen molar-refractivity contribution >= 4 is 16.2 Å². The van der Waals surface area contributed by atoms with Gasteiger partial charge in [0, 0.05) is 19.7 Å². The highest BCUT2D eigenvalue weighted by molar-refractivity contribution is 7.87. The minimum Gasteiger partial charge on any atom is -0.479 e. The molecule has 1 aliphatic carbocycles. The Morgan fingerprint density at radius 1 is 1.60 bits per heavy atom. The van der Waals surface area contributed by atoms with Gasteiger partial charge in [-0.1, -0.05) is 0 Å².